The number of piperidine rings is 1. The van der Waals surface area contributed by atoms with Gasteiger partial charge in [-0.2, -0.15) is 0 Å². The molecule has 2 rings (SSSR count). The third kappa shape index (κ3) is 2.80. The molecule has 1 saturated heterocycles. The van der Waals surface area contributed by atoms with Gasteiger partial charge in [-0.3, -0.25) is 14.9 Å². The van der Waals surface area contributed by atoms with Gasteiger partial charge in [0, 0.05) is 30.3 Å². The highest BCUT2D eigenvalue weighted by molar-refractivity contribution is 5.96. The number of hydrogen-bond donors (Lipinski definition) is 1. The summed E-state index contributed by atoms with van der Waals surface area (Å²) in [4.78, 5) is 24.5. The zero-order valence-electron chi connectivity index (χ0n) is 11.6. The number of carbonyl (C=O) groups is 1. The Kier molecular flexibility index (Phi) is 3.76. The third-order valence-electron chi connectivity index (χ3n) is 3.86. The Morgan fingerprint density at radius 1 is 1.40 bits per heavy atom. The molecule has 1 heterocycles. The van der Waals surface area contributed by atoms with Crippen LogP contribution in [0.15, 0.2) is 18.2 Å². The van der Waals surface area contributed by atoms with Crippen LogP contribution in [0.25, 0.3) is 0 Å². The molecule has 6 heteroatoms. The van der Waals surface area contributed by atoms with Crippen molar-refractivity contribution >= 4 is 11.6 Å². The van der Waals surface area contributed by atoms with Crippen LogP contribution in [0.3, 0.4) is 0 Å². The van der Waals surface area contributed by atoms with Crippen LogP contribution in [0.2, 0.25) is 0 Å². The van der Waals surface area contributed by atoms with Gasteiger partial charge in [-0.05, 0) is 32.8 Å². The molecule has 0 unspecified atom stereocenters. The first-order valence-corrected chi connectivity index (χ1v) is 6.57. The van der Waals surface area contributed by atoms with E-state index in [-0.39, 0.29) is 11.6 Å². The summed E-state index contributed by atoms with van der Waals surface area (Å²) in [6.45, 7) is 4.28. The normalized spacial score (nSPS) is 17.9. The molecule has 1 aliphatic rings. The lowest BCUT2D eigenvalue weighted by Crippen LogP contribution is -2.45. The molecule has 6 nitrogen and oxygen atoms in total. The molecule has 1 aliphatic heterocycles. The lowest BCUT2D eigenvalue weighted by molar-refractivity contribution is -0.385. The molecule has 0 aliphatic carbocycles. The maximum Gasteiger partial charge on any atom is 0.273 e. The quantitative estimate of drug-likeness (QED) is 0.661. The number of carbonyl (C=O) groups excluding carboxylic acids is 1. The van der Waals surface area contributed by atoms with Crippen LogP contribution in [0.5, 0.6) is 0 Å². The molecule has 108 valence electrons. The van der Waals surface area contributed by atoms with Gasteiger partial charge in [-0.25, -0.2) is 0 Å². The van der Waals surface area contributed by atoms with E-state index in [1.54, 1.807) is 24.8 Å². The fourth-order valence-electron chi connectivity index (χ4n) is 2.41. The predicted octanol–water partition coefficient (Wildman–Crippen LogP) is 1.89. The second kappa shape index (κ2) is 5.20. The highest BCUT2D eigenvalue weighted by atomic mass is 16.6. The smallest absolute Gasteiger partial charge is 0.273 e. The number of amides is 1. The molecule has 1 amide bonds. The van der Waals surface area contributed by atoms with Crippen molar-refractivity contribution in [1.82, 2.24) is 4.90 Å². The van der Waals surface area contributed by atoms with Gasteiger partial charge < -0.3 is 10.0 Å². The van der Waals surface area contributed by atoms with Crippen molar-refractivity contribution in [3.63, 3.8) is 0 Å². The van der Waals surface area contributed by atoms with Crippen molar-refractivity contribution in [2.45, 2.75) is 32.3 Å². The molecule has 1 aromatic rings. The van der Waals surface area contributed by atoms with E-state index in [9.17, 15) is 20.0 Å². The van der Waals surface area contributed by atoms with Gasteiger partial charge in [0.2, 0.25) is 0 Å². The topological polar surface area (TPSA) is 83.7 Å². The zero-order valence-corrected chi connectivity index (χ0v) is 11.6. The molecule has 20 heavy (non-hydrogen) atoms. The van der Waals surface area contributed by atoms with Gasteiger partial charge in [0.15, 0.2) is 0 Å². The van der Waals surface area contributed by atoms with Crippen LogP contribution >= 0.6 is 0 Å². The van der Waals surface area contributed by atoms with E-state index in [4.69, 9.17) is 0 Å². The summed E-state index contributed by atoms with van der Waals surface area (Å²) in [5, 5.41) is 20.8. The van der Waals surface area contributed by atoms with Crippen LogP contribution < -0.4 is 0 Å². The van der Waals surface area contributed by atoms with E-state index < -0.39 is 10.5 Å². The molecular formula is C14H18N2O4. The van der Waals surface area contributed by atoms with E-state index >= 15 is 0 Å². The first-order valence-electron chi connectivity index (χ1n) is 6.57. The minimum atomic E-state index is -0.728. The molecule has 0 radical (unpaired) electrons. The second-order valence-corrected chi connectivity index (χ2v) is 5.50. The van der Waals surface area contributed by atoms with Crippen molar-refractivity contribution in [3.05, 3.63) is 39.4 Å². The van der Waals surface area contributed by atoms with Crippen LogP contribution in [0, 0.1) is 17.0 Å². The lowest BCUT2D eigenvalue weighted by atomic mass is 9.93. The Hall–Kier alpha value is -1.95. The first-order chi connectivity index (χ1) is 9.32. The van der Waals surface area contributed by atoms with Crippen LogP contribution in [-0.4, -0.2) is 39.5 Å². The SMILES string of the molecule is Cc1c(C(=O)N2CCC(C)(O)CC2)cccc1[N+](=O)[O-]. The Balaban J connectivity index is 2.22. The van der Waals surface area contributed by atoms with Gasteiger partial charge in [-0.15, -0.1) is 0 Å². The van der Waals surface area contributed by atoms with Crippen molar-refractivity contribution in [2.24, 2.45) is 0 Å². The van der Waals surface area contributed by atoms with Crippen molar-refractivity contribution in [2.75, 3.05) is 13.1 Å². The number of aliphatic hydroxyl groups is 1. The van der Waals surface area contributed by atoms with E-state index in [0.29, 0.717) is 37.1 Å². The molecule has 1 N–H and O–H groups in total. The van der Waals surface area contributed by atoms with Crippen LogP contribution in [-0.2, 0) is 0 Å². The maximum absolute atomic E-state index is 12.4. The van der Waals surface area contributed by atoms with Crippen LogP contribution in [0.1, 0.15) is 35.7 Å². The second-order valence-electron chi connectivity index (χ2n) is 5.50. The van der Waals surface area contributed by atoms with Gasteiger partial charge in [-0.1, -0.05) is 6.07 Å². The van der Waals surface area contributed by atoms with Crippen molar-refractivity contribution in [3.8, 4) is 0 Å². The maximum atomic E-state index is 12.4. The van der Waals surface area contributed by atoms with E-state index in [1.165, 1.54) is 12.1 Å². The average Bonchev–Trinajstić information content (AvgIpc) is 2.38. The summed E-state index contributed by atoms with van der Waals surface area (Å²) in [6.07, 6.45) is 1.04. The number of hydrogen-bond acceptors (Lipinski definition) is 4. The number of nitro groups is 1. The Bertz CT molecular complexity index is 544. The zero-order chi connectivity index (χ0) is 14.9. The largest absolute Gasteiger partial charge is 0.390 e. The number of nitro benzene ring substituents is 1. The number of nitrogens with zero attached hydrogens (tertiary/aromatic N) is 2. The number of likely N-dealkylation sites (tertiary alicyclic amines) is 1. The van der Waals surface area contributed by atoms with Gasteiger partial charge >= 0.3 is 0 Å². The summed E-state index contributed by atoms with van der Waals surface area (Å²) in [6, 6.07) is 4.53. The van der Waals surface area contributed by atoms with Crippen molar-refractivity contribution < 1.29 is 14.8 Å². The first kappa shape index (κ1) is 14.5. The summed E-state index contributed by atoms with van der Waals surface area (Å²) >= 11 is 0. The summed E-state index contributed by atoms with van der Waals surface area (Å²) in [5.74, 6) is -0.207. The minimum Gasteiger partial charge on any atom is -0.390 e. The Morgan fingerprint density at radius 3 is 2.55 bits per heavy atom. The molecule has 0 bridgehead atoms. The van der Waals surface area contributed by atoms with E-state index in [1.807, 2.05) is 0 Å². The van der Waals surface area contributed by atoms with Gasteiger partial charge in [0.1, 0.15) is 0 Å². The molecule has 0 atom stereocenters. The lowest BCUT2D eigenvalue weighted by Gasteiger charge is -2.36. The molecule has 0 saturated carbocycles. The predicted molar refractivity (Wildman–Crippen MR) is 73.6 cm³/mol. The molecule has 0 spiro atoms. The Labute approximate surface area is 117 Å². The fraction of sp³-hybridized carbons (Fsp3) is 0.500. The van der Waals surface area contributed by atoms with E-state index in [0.717, 1.165) is 0 Å². The summed E-state index contributed by atoms with van der Waals surface area (Å²) < 4.78 is 0. The molecule has 1 fully saturated rings. The highest BCUT2D eigenvalue weighted by Crippen LogP contribution is 2.26. The third-order valence-corrected chi connectivity index (χ3v) is 3.86. The van der Waals surface area contributed by atoms with Gasteiger partial charge in [0.05, 0.1) is 10.5 Å². The minimum absolute atomic E-state index is 0.0418. The van der Waals surface area contributed by atoms with Crippen LogP contribution in [0.4, 0.5) is 5.69 Å². The fourth-order valence-corrected chi connectivity index (χ4v) is 2.41. The number of rotatable bonds is 2. The highest BCUT2D eigenvalue weighted by Gasteiger charge is 2.31. The van der Waals surface area contributed by atoms with Crippen molar-refractivity contribution in [1.29, 1.82) is 0 Å². The molecule has 1 aromatic carbocycles. The van der Waals surface area contributed by atoms with E-state index in [2.05, 4.69) is 0 Å². The number of benzene rings is 1. The summed E-state index contributed by atoms with van der Waals surface area (Å²) in [7, 11) is 0. The Morgan fingerprint density at radius 2 is 2.00 bits per heavy atom. The summed E-state index contributed by atoms with van der Waals surface area (Å²) in [5.41, 5.74) is -0.0189. The molecule has 0 aromatic heterocycles. The standard InChI is InChI=1S/C14H18N2O4/c1-10-11(4-3-5-12(10)16(19)20)13(17)15-8-6-14(2,18)7-9-15/h3-5,18H,6-9H2,1-2H3. The monoisotopic (exact) mass is 278 g/mol. The average molecular weight is 278 g/mol. The molecular weight excluding hydrogens is 260 g/mol. The van der Waals surface area contributed by atoms with Gasteiger partial charge in [0.25, 0.3) is 11.6 Å².